The number of halogens is 1. The summed E-state index contributed by atoms with van der Waals surface area (Å²) in [5, 5.41) is 5.12. The molecule has 4 aromatic rings. The normalized spacial score (nSPS) is 11.7. The molecule has 0 fully saturated rings. The largest absolute Gasteiger partial charge is 0.332 e. The summed E-state index contributed by atoms with van der Waals surface area (Å²) in [6.45, 7) is 7.94. The fourth-order valence-electron chi connectivity index (χ4n) is 3.71. The van der Waals surface area contributed by atoms with E-state index in [0.29, 0.717) is 22.1 Å². The summed E-state index contributed by atoms with van der Waals surface area (Å²) in [6, 6.07) is 8.97. The zero-order chi connectivity index (χ0) is 21.7. The third-order valence-corrected chi connectivity index (χ3v) is 5.38. The highest BCUT2D eigenvalue weighted by molar-refractivity contribution is 6.30. The average Bonchev–Trinajstić information content (AvgIpc) is 3.25. The molecule has 156 valence electrons. The van der Waals surface area contributed by atoms with Crippen molar-refractivity contribution in [3.63, 3.8) is 0 Å². The van der Waals surface area contributed by atoms with Crippen molar-refractivity contribution in [1.82, 2.24) is 28.5 Å². The molecule has 0 aliphatic heterocycles. The zero-order valence-corrected chi connectivity index (χ0v) is 18.3. The lowest BCUT2D eigenvalue weighted by Gasteiger charge is -2.14. The maximum atomic E-state index is 13.5. The fourth-order valence-corrected chi connectivity index (χ4v) is 3.84. The van der Waals surface area contributed by atoms with Gasteiger partial charge in [-0.15, -0.1) is 0 Å². The molecule has 0 radical (unpaired) electrons. The van der Waals surface area contributed by atoms with Crippen LogP contribution >= 0.6 is 11.6 Å². The van der Waals surface area contributed by atoms with Gasteiger partial charge >= 0.3 is 5.69 Å². The summed E-state index contributed by atoms with van der Waals surface area (Å²) >= 11 is 5.96. The van der Waals surface area contributed by atoms with Crippen LogP contribution in [0.25, 0.3) is 17.1 Å². The van der Waals surface area contributed by atoms with E-state index in [1.54, 1.807) is 36.0 Å². The molecule has 0 spiro atoms. The number of hydrogen-bond donors (Lipinski definition) is 0. The van der Waals surface area contributed by atoms with E-state index in [1.165, 1.54) is 9.13 Å². The Hall–Kier alpha value is -3.13. The molecule has 1 aromatic carbocycles. The molecule has 3 aromatic heterocycles. The van der Waals surface area contributed by atoms with Crippen LogP contribution in [0.2, 0.25) is 5.02 Å². The van der Waals surface area contributed by atoms with E-state index in [0.717, 1.165) is 17.0 Å². The maximum Gasteiger partial charge on any atom is 0.332 e. The summed E-state index contributed by atoms with van der Waals surface area (Å²) < 4.78 is 6.20. The number of imidazole rings is 1. The van der Waals surface area contributed by atoms with Gasteiger partial charge in [0.1, 0.15) is 0 Å². The van der Waals surface area contributed by atoms with E-state index in [1.807, 2.05) is 38.3 Å². The Balaban J connectivity index is 2.02. The molecule has 8 nitrogen and oxygen atoms in total. The van der Waals surface area contributed by atoms with Gasteiger partial charge in [0.15, 0.2) is 11.2 Å². The van der Waals surface area contributed by atoms with Crippen molar-refractivity contribution >= 4 is 22.8 Å². The van der Waals surface area contributed by atoms with Crippen LogP contribution in [0.3, 0.4) is 0 Å². The van der Waals surface area contributed by atoms with Crippen LogP contribution in [-0.4, -0.2) is 28.5 Å². The number of aryl methyl sites for hydroxylation is 3. The molecule has 0 saturated carbocycles. The quantitative estimate of drug-likeness (QED) is 0.502. The topological polar surface area (TPSA) is 79.6 Å². The van der Waals surface area contributed by atoms with Crippen LogP contribution in [0.5, 0.6) is 0 Å². The Bertz CT molecular complexity index is 1370. The number of benzene rings is 1. The third kappa shape index (κ3) is 3.17. The minimum absolute atomic E-state index is 0.0666. The Morgan fingerprint density at radius 3 is 2.33 bits per heavy atom. The highest BCUT2D eigenvalue weighted by atomic mass is 35.5. The van der Waals surface area contributed by atoms with Crippen LogP contribution in [0, 0.1) is 13.8 Å². The molecule has 0 N–H and O–H groups in total. The van der Waals surface area contributed by atoms with Gasteiger partial charge in [-0.25, -0.2) is 9.48 Å². The fraction of sp³-hybridized carbons (Fsp3) is 0.333. The molecule has 3 heterocycles. The third-order valence-electron chi connectivity index (χ3n) is 5.13. The number of aromatic nitrogens is 6. The first kappa shape index (κ1) is 20.2. The summed E-state index contributed by atoms with van der Waals surface area (Å²) in [5.74, 6) is 0.516. The van der Waals surface area contributed by atoms with E-state index < -0.39 is 5.69 Å². The molecular formula is C21H23ClN6O2. The smallest absolute Gasteiger partial charge is 0.300 e. The Kier molecular flexibility index (Phi) is 4.89. The molecule has 0 amide bonds. The van der Waals surface area contributed by atoms with Crippen molar-refractivity contribution in [1.29, 1.82) is 0 Å². The Morgan fingerprint density at radius 2 is 1.77 bits per heavy atom. The molecule has 0 saturated heterocycles. The second-order valence-electron chi connectivity index (χ2n) is 7.75. The van der Waals surface area contributed by atoms with E-state index in [9.17, 15) is 9.59 Å². The minimum atomic E-state index is -0.421. The zero-order valence-electron chi connectivity index (χ0n) is 17.5. The summed E-state index contributed by atoms with van der Waals surface area (Å²) in [6.07, 6.45) is 0. The molecule has 9 heteroatoms. The first-order valence-corrected chi connectivity index (χ1v) is 10.1. The van der Waals surface area contributed by atoms with Crippen LogP contribution in [0.4, 0.5) is 0 Å². The SMILES string of the molecule is Cc1cc(C)n(-c2nc3c(c(=O)n(Cc4ccc(Cl)cc4)c(=O)n3C)n2C(C)C)n1. The van der Waals surface area contributed by atoms with Crippen LogP contribution in [-0.2, 0) is 13.6 Å². The van der Waals surface area contributed by atoms with Crippen molar-refractivity contribution in [2.75, 3.05) is 0 Å². The minimum Gasteiger partial charge on any atom is -0.300 e. The Morgan fingerprint density at radius 1 is 1.10 bits per heavy atom. The van der Waals surface area contributed by atoms with Crippen LogP contribution < -0.4 is 11.2 Å². The summed E-state index contributed by atoms with van der Waals surface area (Å²) in [5.41, 5.74) is 2.48. The highest BCUT2D eigenvalue weighted by Crippen LogP contribution is 2.22. The van der Waals surface area contributed by atoms with Gasteiger partial charge in [-0.2, -0.15) is 10.1 Å². The molecule has 30 heavy (non-hydrogen) atoms. The van der Waals surface area contributed by atoms with Crippen molar-refractivity contribution in [3.05, 3.63) is 73.1 Å². The molecule has 4 rings (SSSR count). The lowest BCUT2D eigenvalue weighted by Crippen LogP contribution is -2.40. The maximum absolute atomic E-state index is 13.5. The first-order valence-electron chi connectivity index (χ1n) is 9.69. The number of fused-ring (bicyclic) bond motifs is 1. The lowest BCUT2D eigenvalue weighted by atomic mass is 10.2. The number of nitrogens with zero attached hydrogens (tertiary/aromatic N) is 6. The van der Waals surface area contributed by atoms with Crippen molar-refractivity contribution in [2.24, 2.45) is 7.05 Å². The molecule has 0 unspecified atom stereocenters. The highest BCUT2D eigenvalue weighted by Gasteiger charge is 2.24. The average molecular weight is 427 g/mol. The predicted molar refractivity (Wildman–Crippen MR) is 117 cm³/mol. The molecule has 0 aliphatic rings. The van der Waals surface area contributed by atoms with Gasteiger partial charge in [0.25, 0.3) is 5.56 Å². The second-order valence-corrected chi connectivity index (χ2v) is 8.18. The Labute approximate surface area is 178 Å². The lowest BCUT2D eigenvalue weighted by molar-refractivity contribution is 0.577. The van der Waals surface area contributed by atoms with Gasteiger partial charge in [0.05, 0.1) is 12.2 Å². The second kappa shape index (κ2) is 7.28. The van der Waals surface area contributed by atoms with E-state index in [4.69, 9.17) is 11.6 Å². The molecule has 0 atom stereocenters. The van der Waals surface area contributed by atoms with E-state index >= 15 is 0 Å². The van der Waals surface area contributed by atoms with Crippen LogP contribution in [0.15, 0.2) is 39.9 Å². The van der Waals surface area contributed by atoms with Crippen molar-refractivity contribution in [3.8, 4) is 5.95 Å². The van der Waals surface area contributed by atoms with E-state index in [-0.39, 0.29) is 18.1 Å². The standard InChI is InChI=1S/C21H23ClN6O2/c1-12(2)27-17-18(23-20(27)28-14(4)10-13(3)24-28)25(5)21(30)26(19(17)29)11-15-6-8-16(22)9-7-15/h6-10,12H,11H2,1-5H3. The van der Waals surface area contributed by atoms with Gasteiger partial charge in [-0.1, -0.05) is 23.7 Å². The molecule has 0 bridgehead atoms. The summed E-state index contributed by atoms with van der Waals surface area (Å²) in [7, 11) is 1.63. The van der Waals surface area contributed by atoms with Gasteiger partial charge in [0, 0.05) is 23.8 Å². The molecular weight excluding hydrogens is 404 g/mol. The van der Waals surface area contributed by atoms with Crippen LogP contribution in [0.1, 0.15) is 36.8 Å². The van der Waals surface area contributed by atoms with Crippen molar-refractivity contribution < 1.29 is 0 Å². The number of hydrogen-bond acceptors (Lipinski definition) is 4. The first-order chi connectivity index (χ1) is 14.2. The van der Waals surface area contributed by atoms with E-state index in [2.05, 4.69) is 10.1 Å². The van der Waals surface area contributed by atoms with Crippen molar-refractivity contribution in [2.45, 2.75) is 40.3 Å². The summed E-state index contributed by atoms with van der Waals surface area (Å²) in [4.78, 5) is 31.1. The van der Waals surface area contributed by atoms with Gasteiger partial charge in [0.2, 0.25) is 5.95 Å². The molecule has 0 aliphatic carbocycles. The van der Waals surface area contributed by atoms with Gasteiger partial charge in [-0.05, 0) is 51.5 Å². The van der Waals surface area contributed by atoms with Gasteiger partial charge < -0.3 is 0 Å². The monoisotopic (exact) mass is 426 g/mol. The van der Waals surface area contributed by atoms with Gasteiger partial charge in [-0.3, -0.25) is 18.5 Å². The predicted octanol–water partition coefficient (Wildman–Crippen LogP) is 2.98. The number of rotatable bonds is 4.